The maximum atomic E-state index is 12.7. The number of Topliss-reactive ketones (excluding diaryl/α,β-unsaturated/α-hetero) is 1. The number of hydrogen-bond acceptors (Lipinski definition) is 2. The standard InChI is InChI=1S/C24H39ClO2Si/c1-13(2)28(14(3)4,15(5)6)27-23-18-10-17(26)11-19(23)22-16(7)21(25)12-20(18)24(22)8-9-24/h12-16,18-20,22-23H,8-11H2,1-7H3/t16-,18+,19-,20+,22-,23-/m1/s1. The predicted octanol–water partition coefficient (Wildman–Crippen LogP) is 6.94. The molecule has 4 heteroatoms. The van der Waals surface area contributed by atoms with Crippen molar-refractivity contribution in [3.05, 3.63) is 11.1 Å². The fourth-order valence-electron chi connectivity index (χ4n) is 8.18. The van der Waals surface area contributed by atoms with Crippen molar-refractivity contribution in [1.29, 1.82) is 0 Å². The summed E-state index contributed by atoms with van der Waals surface area (Å²) in [7, 11) is -1.98. The van der Waals surface area contributed by atoms with Crippen molar-refractivity contribution in [3.8, 4) is 0 Å². The van der Waals surface area contributed by atoms with Gasteiger partial charge in [-0.05, 0) is 64.5 Å². The number of fused-ring (bicyclic) bond motifs is 4. The highest BCUT2D eigenvalue weighted by Crippen LogP contribution is 2.73. The van der Waals surface area contributed by atoms with Crippen molar-refractivity contribution in [1.82, 2.24) is 0 Å². The Hall–Kier alpha value is -0.123. The molecule has 1 spiro atoms. The molecular formula is C24H39ClO2Si. The van der Waals surface area contributed by atoms with Crippen molar-refractivity contribution in [2.24, 2.45) is 35.0 Å². The summed E-state index contributed by atoms with van der Waals surface area (Å²) in [5.41, 5.74) is 2.16. The van der Waals surface area contributed by atoms with Crippen molar-refractivity contribution >= 4 is 25.7 Å². The smallest absolute Gasteiger partial charge is 0.200 e. The van der Waals surface area contributed by atoms with Crippen molar-refractivity contribution in [2.75, 3.05) is 0 Å². The molecule has 0 aromatic carbocycles. The number of rotatable bonds is 5. The molecule has 4 aliphatic carbocycles. The molecule has 6 atom stereocenters. The highest BCUT2D eigenvalue weighted by molar-refractivity contribution is 6.77. The Balaban J connectivity index is 1.78. The molecule has 0 saturated heterocycles. The summed E-state index contributed by atoms with van der Waals surface area (Å²) in [6.07, 6.45) is 6.67. The summed E-state index contributed by atoms with van der Waals surface area (Å²) in [4.78, 5) is 12.7. The zero-order chi connectivity index (χ0) is 20.6. The molecule has 2 nitrogen and oxygen atoms in total. The molecule has 0 N–H and O–H groups in total. The third-order valence-corrected chi connectivity index (χ3v) is 15.8. The molecule has 28 heavy (non-hydrogen) atoms. The first-order valence-corrected chi connectivity index (χ1v) is 14.1. The Kier molecular flexibility index (Phi) is 5.24. The Labute approximate surface area is 178 Å². The lowest BCUT2D eigenvalue weighted by molar-refractivity contribution is -0.147. The molecule has 0 unspecified atom stereocenters. The first kappa shape index (κ1) is 21.1. The molecule has 4 bridgehead atoms. The van der Waals surface area contributed by atoms with E-state index in [1.54, 1.807) is 0 Å². The molecule has 0 heterocycles. The van der Waals surface area contributed by atoms with E-state index < -0.39 is 8.32 Å². The van der Waals surface area contributed by atoms with Gasteiger partial charge in [0.05, 0.1) is 6.10 Å². The minimum Gasteiger partial charge on any atom is -0.413 e. The van der Waals surface area contributed by atoms with Crippen LogP contribution in [0, 0.1) is 35.0 Å². The molecule has 4 aliphatic rings. The lowest BCUT2D eigenvalue weighted by Gasteiger charge is -2.60. The molecule has 0 amide bonds. The molecule has 0 aromatic rings. The van der Waals surface area contributed by atoms with Crippen molar-refractivity contribution in [2.45, 2.75) is 96.9 Å². The Morgan fingerprint density at radius 2 is 1.57 bits per heavy atom. The number of ketones is 1. The van der Waals surface area contributed by atoms with Crippen LogP contribution in [0.3, 0.4) is 0 Å². The van der Waals surface area contributed by atoms with Gasteiger partial charge in [0.2, 0.25) is 8.32 Å². The van der Waals surface area contributed by atoms with E-state index >= 15 is 0 Å². The third kappa shape index (κ3) is 2.78. The van der Waals surface area contributed by atoms with E-state index in [1.807, 2.05) is 0 Å². The molecule has 0 aromatic heterocycles. The molecule has 4 rings (SSSR count). The van der Waals surface area contributed by atoms with Gasteiger partial charge < -0.3 is 4.43 Å². The van der Waals surface area contributed by atoms with Gasteiger partial charge in [0.25, 0.3) is 0 Å². The van der Waals surface area contributed by atoms with Gasteiger partial charge in [0.1, 0.15) is 5.78 Å². The molecule has 158 valence electrons. The molecule has 3 fully saturated rings. The van der Waals surface area contributed by atoms with Crippen LogP contribution in [0.25, 0.3) is 0 Å². The Morgan fingerprint density at radius 3 is 2.07 bits per heavy atom. The minimum atomic E-state index is -1.98. The summed E-state index contributed by atoms with van der Waals surface area (Å²) in [6.45, 7) is 16.5. The van der Waals surface area contributed by atoms with E-state index in [9.17, 15) is 4.79 Å². The Morgan fingerprint density at radius 1 is 1.04 bits per heavy atom. The summed E-state index contributed by atoms with van der Waals surface area (Å²) >= 11 is 6.75. The second kappa shape index (κ2) is 6.95. The minimum absolute atomic E-state index is 0.251. The van der Waals surface area contributed by atoms with Crippen LogP contribution in [0.4, 0.5) is 0 Å². The lowest BCUT2D eigenvalue weighted by atomic mass is 9.49. The summed E-state index contributed by atoms with van der Waals surface area (Å²) in [5, 5.41) is 1.05. The number of halogens is 1. The highest BCUT2D eigenvalue weighted by atomic mass is 35.5. The SMILES string of the molecule is CC(C)[Si](O[C@@H]1[C@H]2CC(=O)C[C@@H]1[C@H]1[C@H](C)C(Cl)=C[C@@H]2C12CC2)(C(C)C)C(C)C. The van der Waals surface area contributed by atoms with Gasteiger partial charge in [-0.1, -0.05) is 66.1 Å². The van der Waals surface area contributed by atoms with Gasteiger partial charge in [-0.2, -0.15) is 0 Å². The second-order valence-electron chi connectivity index (χ2n) is 11.3. The fraction of sp³-hybridized carbons (Fsp3) is 0.875. The van der Waals surface area contributed by atoms with Gasteiger partial charge in [0.15, 0.2) is 0 Å². The van der Waals surface area contributed by atoms with Crippen LogP contribution in [-0.2, 0) is 9.22 Å². The Bertz CT molecular complexity index is 656. The highest BCUT2D eigenvalue weighted by Gasteiger charge is 2.69. The normalized spacial score (nSPS) is 39.1. The molecule has 0 aliphatic heterocycles. The number of hydrogen-bond donors (Lipinski definition) is 0. The van der Waals surface area contributed by atoms with Crippen molar-refractivity contribution in [3.63, 3.8) is 0 Å². The van der Waals surface area contributed by atoms with Crippen LogP contribution in [0.1, 0.15) is 74.1 Å². The van der Waals surface area contributed by atoms with Crippen LogP contribution in [-0.4, -0.2) is 20.2 Å². The molecule has 0 radical (unpaired) electrons. The summed E-state index contributed by atoms with van der Waals surface area (Å²) in [5.74, 6) is 2.52. The first-order chi connectivity index (χ1) is 13.1. The van der Waals surface area contributed by atoms with Crippen LogP contribution in [0.2, 0.25) is 16.6 Å². The summed E-state index contributed by atoms with van der Waals surface area (Å²) in [6, 6.07) is 0. The average molecular weight is 423 g/mol. The van der Waals surface area contributed by atoms with E-state index in [1.165, 1.54) is 12.8 Å². The molecule has 3 saturated carbocycles. The first-order valence-electron chi connectivity index (χ1n) is 11.6. The average Bonchev–Trinajstić information content (AvgIpc) is 3.36. The van der Waals surface area contributed by atoms with Crippen molar-refractivity contribution < 1.29 is 9.22 Å². The number of allylic oxidation sites excluding steroid dienone is 2. The van der Waals surface area contributed by atoms with Crippen LogP contribution in [0.15, 0.2) is 11.1 Å². The zero-order valence-electron chi connectivity index (χ0n) is 18.8. The van der Waals surface area contributed by atoms with E-state index in [0.717, 1.165) is 5.03 Å². The third-order valence-electron chi connectivity index (χ3n) is 9.21. The van der Waals surface area contributed by atoms with E-state index in [4.69, 9.17) is 16.0 Å². The van der Waals surface area contributed by atoms with Gasteiger partial charge in [0, 0.05) is 17.9 Å². The largest absolute Gasteiger partial charge is 0.413 e. The van der Waals surface area contributed by atoms with E-state index in [0.29, 0.717) is 70.3 Å². The maximum Gasteiger partial charge on any atom is 0.200 e. The number of carbonyl (C=O) groups excluding carboxylic acids is 1. The van der Waals surface area contributed by atoms with Crippen LogP contribution < -0.4 is 0 Å². The second-order valence-corrected chi connectivity index (χ2v) is 17.1. The van der Waals surface area contributed by atoms with E-state index in [2.05, 4.69) is 54.5 Å². The van der Waals surface area contributed by atoms with Crippen LogP contribution >= 0.6 is 11.6 Å². The predicted molar refractivity (Wildman–Crippen MR) is 119 cm³/mol. The lowest BCUT2D eigenvalue weighted by Crippen LogP contribution is -2.62. The van der Waals surface area contributed by atoms with Gasteiger partial charge >= 0.3 is 0 Å². The topological polar surface area (TPSA) is 26.3 Å². The maximum absolute atomic E-state index is 12.7. The van der Waals surface area contributed by atoms with E-state index in [-0.39, 0.29) is 6.10 Å². The quantitative estimate of drug-likeness (QED) is 0.448. The fourth-order valence-corrected chi connectivity index (χ4v) is 14.1. The zero-order valence-corrected chi connectivity index (χ0v) is 20.6. The van der Waals surface area contributed by atoms with Gasteiger partial charge in [-0.3, -0.25) is 4.79 Å². The number of carbonyl (C=O) groups is 1. The van der Waals surface area contributed by atoms with Crippen LogP contribution in [0.5, 0.6) is 0 Å². The summed E-state index contributed by atoms with van der Waals surface area (Å²) < 4.78 is 7.43. The van der Waals surface area contributed by atoms with Gasteiger partial charge in [-0.15, -0.1) is 0 Å². The monoisotopic (exact) mass is 422 g/mol. The molecular weight excluding hydrogens is 384 g/mol. The van der Waals surface area contributed by atoms with Gasteiger partial charge in [-0.25, -0.2) is 0 Å².